The molecule has 14 bridgehead atoms. The Labute approximate surface area is 519 Å². The molecule has 21 nitrogen and oxygen atoms in total. The van der Waals surface area contributed by atoms with Crippen LogP contribution in [0.2, 0.25) is 0 Å². The van der Waals surface area contributed by atoms with Crippen LogP contribution in [0, 0.1) is 80.8 Å². The van der Waals surface area contributed by atoms with Crippen molar-refractivity contribution in [3.63, 3.8) is 0 Å². The minimum Gasteiger partial charge on any atom is -0.463 e. The molecule has 7 aliphatic heterocycles. The number of fused-ring (bicyclic) bond motifs is 5. The van der Waals surface area contributed by atoms with Gasteiger partial charge in [-0.05, 0) is 195 Å². The first-order valence-electron chi connectivity index (χ1n) is 33.0. The standard InChI is InChI=1S/C18H26O6.C18H28O5.C16H24O4.C15H22O6/c1-4-18(2,3)17(21)22-9-14(19)24-15-11-5-10-6-12(8-11)16(20)23-13(15)7-10;1-4-18(2,3)17(20)22-6-5-21-15-12-7-11-8-13(10-12)16(19)23-14(15)9-11;1-4-16(2,3)15(18)20-13-10-5-9-6-11(8-10)14(17)19-12(13)7-9;1-4-15(2,3)14(18)19-8-12(16)20-10-6-5-9-7-11(10)21-13(9)17/h10-13,15H,4-9H2,1-3H3;11-15H,4-10H2,1-3H3;9-13H,4-8H2,1-3H3;9-11H,4-8H2,1-3H3. The molecule has 7 saturated carbocycles. The van der Waals surface area contributed by atoms with E-state index in [0.29, 0.717) is 68.3 Å². The fraction of sp³-hybridized carbons (Fsp3) is 0.851. The molecule has 88 heavy (non-hydrogen) atoms. The molecule has 0 aromatic rings. The maximum atomic E-state index is 12.3. The lowest BCUT2D eigenvalue weighted by atomic mass is 9.67. The number of hydrogen-bond acceptors (Lipinski definition) is 21. The molecule has 0 N–H and O–H groups in total. The van der Waals surface area contributed by atoms with Gasteiger partial charge in [0.2, 0.25) is 0 Å². The molecule has 7 saturated heterocycles. The number of carbonyl (C=O) groups excluding carboxylic acids is 10. The SMILES string of the molecule is CCC(C)(C)C(=O)OC1C2CC3CC(C2)C(=O)OC1C3.CCC(C)(C)C(=O)OCC(=O)OC1C2CC3CC(C2)C(=O)OC1C3.CCC(C)(C)C(=O)OCC(=O)OC1CCC2CC1OC2=O.CCC(C)(C)C(=O)OCCOC1C2CC3CC(C2)C(=O)OC1C3. The van der Waals surface area contributed by atoms with E-state index in [0.717, 1.165) is 89.9 Å². The Morgan fingerprint density at radius 1 is 0.375 bits per heavy atom. The van der Waals surface area contributed by atoms with Crippen molar-refractivity contribution in [1.29, 1.82) is 0 Å². The van der Waals surface area contributed by atoms with E-state index in [1.54, 1.807) is 27.7 Å². The van der Waals surface area contributed by atoms with Crippen molar-refractivity contribution in [2.24, 2.45) is 80.8 Å². The van der Waals surface area contributed by atoms with Crippen molar-refractivity contribution >= 4 is 59.7 Å². The van der Waals surface area contributed by atoms with E-state index in [-0.39, 0.29) is 115 Å². The zero-order valence-electron chi connectivity index (χ0n) is 54.2. The molecule has 14 fully saturated rings. The van der Waals surface area contributed by atoms with Crippen LogP contribution in [-0.4, -0.2) is 135 Å². The average Bonchev–Trinajstić information content (AvgIpc) is 1.73. The van der Waals surface area contributed by atoms with Crippen molar-refractivity contribution in [3.8, 4) is 0 Å². The molecule has 21 heteroatoms. The van der Waals surface area contributed by atoms with E-state index in [4.69, 9.17) is 52.1 Å². The van der Waals surface area contributed by atoms with E-state index in [9.17, 15) is 47.9 Å². The van der Waals surface area contributed by atoms with Crippen molar-refractivity contribution in [1.82, 2.24) is 0 Å². The highest BCUT2D eigenvalue weighted by Gasteiger charge is 2.55. The highest BCUT2D eigenvalue weighted by Crippen LogP contribution is 2.51. The van der Waals surface area contributed by atoms with Gasteiger partial charge in [-0.1, -0.05) is 27.7 Å². The molecule has 0 radical (unpaired) electrons. The zero-order chi connectivity index (χ0) is 64.2. The van der Waals surface area contributed by atoms with Gasteiger partial charge in [0.25, 0.3) is 0 Å². The van der Waals surface area contributed by atoms with Crippen molar-refractivity contribution < 1.29 is 100 Å². The molecular formula is C67H100O21. The summed E-state index contributed by atoms with van der Waals surface area (Å²) in [6.07, 6.45) is 13.6. The second-order valence-electron chi connectivity index (χ2n) is 29.6. The molecule has 18 atom stereocenters. The fourth-order valence-electron chi connectivity index (χ4n) is 14.6. The molecule has 0 aromatic carbocycles. The highest BCUT2D eigenvalue weighted by molar-refractivity contribution is 5.81. The van der Waals surface area contributed by atoms with Crippen LogP contribution in [0.1, 0.15) is 205 Å². The van der Waals surface area contributed by atoms with E-state index in [2.05, 4.69) is 0 Å². The maximum absolute atomic E-state index is 12.3. The summed E-state index contributed by atoms with van der Waals surface area (Å²) < 4.78 is 59.9. The third-order valence-electron chi connectivity index (χ3n) is 21.7. The lowest BCUT2D eigenvalue weighted by molar-refractivity contribution is -0.180. The Balaban J connectivity index is 0.000000152. The Bertz CT molecular complexity index is 2570. The minimum absolute atomic E-state index is 0.0293. The van der Waals surface area contributed by atoms with Gasteiger partial charge in [0.1, 0.15) is 49.3 Å². The van der Waals surface area contributed by atoms with E-state index in [1.807, 2.05) is 55.4 Å². The second kappa shape index (κ2) is 28.4. The quantitative estimate of drug-likeness (QED) is 0.0662. The Morgan fingerprint density at radius 2 is 0.739 bits per heavy atom. The predicted molar refractivity (Wildman–Crippen MR) is 312 cm³/mol. The first kappa shape index (κ1) is 68.6. The Hall–Kier alpha value is -5.34. The van der Waals surface area contributed by atoms with Gasteiger partial charge in [-0.25, -0.2) is 9.59 Å². The fourth-order valence-corrected chi connectivity index (χ4v) is 14.6. The van der Waals surface area contributed by atoms with Crippen molar-refractivity contribution in [3.05, 3.63) is 0 Å². The van der Waals surface area contributed by atoms with Gasteiger partial charge in [-0.2, -0.15) is 0 Å². The van der Waals surface area contributed by atoms with Crippen LogP contribution in [0.3, 0.4) is 0 Å². The number of esters is 10. The monoisotopic (exact) mass is 1240 g/mol. The van der Waals surface area contributed by atoms with Gasteiger partial charge in [-0.3, -0.25) is 38.4 Å². The molecule has 18 unspecified atom stereocenters. The van der Waals surface area contributed by atoms with Crippen LogP contribution >= 0.6 is 0 Å². The van der Waals surface area contributed by atoms with Crippen LogP contribution in [0.25, 0.3) is 0 Å². The van der Waals surface area contributed by atoms with Crippen LogP contribution in [0.4, 0.5) is 0 Å². The molecule has 7 heterocycles. The van der Waals surface area contributed by atoms with Gasteiger partial charge in [0.05, 0.1) is 58.0 Å². The molecule has 14 aliphatic rings. The van der Waals surface area contributed by atoms with Gasteiger partial charge in [0.15, 0.2) is 13.2 Å². The van der Waals surface area contributed by atoms with Crippen LogP contribution in [0.15, 0.2) is 0 Å². The minimum atomic E-state index is -0.615. The summed E-state index contributed by atoms with van der Waals surface area (Å²) in [4.78, 5) is 119. The summed E-state index contributed by atoms with van der Waals surface area (Å²) in [5.41, 5.74) is -2.14. The molecule has 0 aromatic heterocycles. The molecular weight excluding hydrogens is 1140 g/mol. The number of rotatable bonds is 19. The lowest BCUT2D eigenvalue weighted by Gasteiger charge is -2.42. The molecule has 7 aliphatic carbocycles. The van der Waals surface area contributed by atoms with E-state index in [1.165, 1.54) is 0 Å². The van der Waals surface area contributed by atoms with Crippen LogP contribution in [-0.2, 0) is 100 Å². The van der Waals surface area contributed by atoms with Crippen molar-refractivity contribution in [2.45, 2.75) is 254 Å². The van der Waals surface area contributed by atoms with Crippen LogP contribution in [0.5, 0.6) is 0 Å². The summed E-state index contributed by atoms with van der Waals surface area (Å²) in [5, 5.41) is 0. The third-order valence-corrected chi connectivity index (χ3v) is 21.7. The summed E-state index contributed by atoms with van der Waals surface area (Å²) in [6, 6.07) is 0. The topological polar surface area (TPSA) is 272 Å². The van der Waals surface area contributed by atoms with E-state index >= 15 is 0 Å². The first-order valence-corrected chi connectivity index (χ1v) is 33.0. The average molecular weight is 1240 g/mol. The zero-order valence-corrected chi connectivity index (χ0v) is 54.2. The first-order chi connectivity index (χ1) is 41.4. The molecule has 0 spiro atoms. The van der Waals surface area contributed by atoms with Crippen molar-refractivity contribution in [2.75, 3.05) is 26.4 Å². The van der Waals surface area contributed by atoms with Gasteiger partial charge < -0.3 is 52.1 Å². The lowest BCUT2D eigenvalue weighted by Crippen LogP contribution is -2.46. The Morgan fingerprint density at radius 3 is 1.18 bits per heavy atom. The largest absolute Gasteiger partial charge is 0.463 e. The number of ether oxygens (including phenoxy) is 11. The van der Waals surface area contributed by atoms with Gasteiger partial charge in [-0.15, -0.1) is 0 Å². The molecule has 14 rings (SSSR count). The van der Waals surface area contributed by atoms with Gasteiger partial charge in [0, 0.05) is 18.3 Å². The van der Waals surface area contributed by atoms with Crippen LogP contribution < -0.4 is 0 Å². The molecule has 0 amide bonds. The third kappa shape index (κ3) is 16.4. The summed E-state index contributed by atoms with van der Waals surface area (Å²) in [6.45, 7) is 22.3. The second-order valence-corrected chi connectivity index (χ2v) is 29.6. The summed E-state index contributed by atoms with van der Waals surface area (Å²) in [5.74, 6) is -0.226. The summed E-state index contributed by atoms with van der Waals surface area (Å²) >= 11 is 0. The normalized spacial score (nSPS) is 34.4. The Kier molecular flexibility index (Phi) is 22.2. The molecule has 494 valence electrons. The van der Waals surface area contributed by atoms with Gasteiger partial charge >= 0.3 is 59.7 Å². The predicted octanol–water partition coefficient (Wildman–Crippen LogP) is 9.25. The highest BCUT2D eigenvalue weighted by atomic mass is 16.6. The smallest absolute Gasteiger partial charge is 0.344 e. The van der Waals surface area contributed by atoms with E-state index < -0.39 is 64.4 Å². The number of carbonyl (C=O) groups is 10. The summed E-state index contributed by atoms with van der Waals surface area (Å²) in [7, 11) is 0. The maximum Gasteiger partial charge on any atom is 0.344 e. The number of hydrogen-bond donors (Lipinski definition) is 0.